The van der Waals surface area contributed by atoms with Crippen LogP contribution in [0.25, 0.3) is 5.69 Å². The molecule has 116 valence electrons. The molecule has 0 saturated carbocycles. The maximum absolute atomic E-state index is 5.87. The van der Waals surface area contributed by atoms with Gasteiger partial charge in [0, 0.05) is 0 Å². The topological polar surface area (TPSA) is 39.9 Å². The monoisotopic (exact) mass is 305 g/mol. The fourth-order valence-corrected chi connectivity index (χ4v) is 3.06. The SMILES string of the molecule is Cc1cccc(-n2cc(COc3ccc4c(c3)CCC4)nn2)c1. The van der Waals surface area contributed by atoms with Gasteiger partial charge in [-0.3, -0.25) is 0 Å². The van der Waals surface area contributed by atoms with Crippen LogP contribution in [-0.4, -0.2) is 15.0 Å². The Morgan fingerprint density at radius 2 is 2.00 bits per heavy atom. The first kappa shape index (κ1) is 14.0. The third kappa shape index (κ3) is 2.97. The first-order chi connectivity index (χ1) is 11.3. The molecule has 4 heteroatoms. The fourth-order valence-electron chi connectivity index (χ4n) is 3.06. The van der Waals surface area contributed by atoms with E-state index in [4.69, 9.17) is 4.74 Å². The zero-order valence-corrected chi connectivity index (χ0v) is 13.2. The minimum Gasteiger partial charge on any atom is -0.487 e. The number of aromatic nitrogens is 3. The van der Waals surface area contributed by atoms with Crippen LogP contribution in [0, 0.1) is 6.92 Å². The van der Waals surface area contributed by atoms with Crippen LogP contribution in [0.5, 0.6) is 5.75 Å². The quantitative estimate of drug-likeness (QED) is 0.739. The van der Waals surface area contributed by atoms with E-state index in [0.29, 0.717) is 6.61 Å². The summed E-state index contributed by atoms with van der Waals surface area (Å²) in [7, 11) is 0. The Morgan fingerprint density at radius 1 is 1.09 bits per heavy atom. The Bertz CT molecular complexity index is 838. The molecular formula is C19H19N3O. The molecule has 4 rings (SSSR count). The molecule has 0 unspecified atom stereocenters. The van der Waals surface area contributed by atoms with Gasteiger partial charge < -0.3 is 4.74 Å². The van der Waals surface area contributed by atoms with Crippen molar-refractivity contribution in [2.45, 2.75) is 32.8 Å². The molecule has 1 aliphatic rings. The molecule has 0 atom stereocenters. The average molecular weight is 305 g/mol. The number of hydrogen-bond acceptors (Lipinski definition) is 3. The molecule has 4 nitrogen and oxygen atoms in total. The second kappa shape index (κ2) is 5.88. The lowest BCUT2D eigenvalue weighted by molar-refractivity contribution is 0.301. The summed E-state index contributed by atoms with van der Waals surface area (Å²) in [4.78, 5) is 0. The lowest BCUT2D eigenvalue weighted by Gasteiger charge is -2.06. The fraction of sp³-hybridized carbons (Fsp3) is 0.263. The van der Waals surface area contributed by atoms with Gasteiger partial charge in [0.2, 0.25) is 0 Å². The van der Waals surface area contributed by atoms with Gasteiger partial charge in [-0.15, -0.1) is 5.10 Å². The molecule has 0 spiro atoms. The molecule has 0 aliphatic heterocycles. The van der Waals surface area contributed by atoms with Gasteiger partial charge in [0.15, 0.2) is 0 Å². The second-order valence-electron chi connectivity index (χ2n) is 6.07. The number of hydrogen-bond donors (Lipinski definition) is 0. The molecule has 23 heavy (non-hydrogen) atoms. The third-order valence-electron chi connectivity index (χ3n) is 4.26. The van der Waals surface area contributed by atoms with Gasteiger partial charge >= 0.3 is 0 Å². The summed E-state index contributed by atoms with van der Waals surface area (Å²) in [6.07, 6.45) is 5.53. The van der Waals surface area contributed by atoms with Gasteiger partial charge in [0.1, 0.15) is 18.1 Å². The maximum Gasteiger partial charge on any atom is 0.134 e. The van der Waals surface area contributed by atoms with Crippen LogP contribution in [0.1, 0.15) is 28.8 Å². The number of aryl methyl sites for hydroxylation is 3. The molecule has 1 aliphatic carbocycles. The van der Waals surface area contributed by atoms with Crippen LogP contribution >= 0.6 is 0 Å². The van der Waals surface area contributed by atoms with Crippen molar-refractivity contribution in [2.24, 2.45) is 0 Å². The van der Waals surface area contributed by atoms with E-state index in [1.165, 1.54) is 29.5 Å². The van der Waals surface area contributed by atoms with Crippen LogP contribution in [-0.2, 0) is 19.4 Å². The number of rotatable bonds is 4. The predicted octanol–water partition coefficient (Wildman–Crippen LogP) is 3.64. The molecule has 0 N–H and O–H groups in total. The highest BCUT2D eigenvalue weighted by Crippen LogP contribution is 2.26. The smallest absolute Gasteiger partial charge is 0.134 e. The normalized spacial score (nSPS) is 13.1. The largest absolute Gasteiger partial charge is 0.487 e. The Hall–Kier alpha value is -2.62. The van der Waals surface area contributed by atoms with Gasteiger partial charge in [-0.2, -0.15) is 0 Å². The van der Waals surface area contributed by atoms with Crippen LogP contribution in [0.4, 0.5) is 0 Å². The van der Waals surface area contributed by atoms with Crippen molar-refractivity contribution >= 4 is 0 Å². The first-order valence-corrected chi connectivity index (χ1v) is 8.01. The predicted molar refractivity (Wildman–Crippen MR) is 88.9 cm³/mol. The third-order valence-corrected chi connectivity index (χ3v) is 4.26. The highest BCUT2D eigenvalue weighted by molar-refractivity contribution is 5.38. The summed E-state index contributed by atoms with van der Waals surface area (Å²) in [5.74, 6) is 0.913. The van der Waals surface area contributed by atoms with Crippen molar-refractivity contribution in [3.8, 4) is 11.4 Å². The maximum atomic E-state index is 5.87. The van der Waals surface area contributed by atoms with Crippen LogP contribution in [0.3, 0.4) is 0 Å². The van der Waals surface area contributed by atoms with Gasteiger partial charge in [0.05, 0.1) is 11.9 Å². The zero-order chi connectivity index (χ0) is 15.6. The number of benzene rings is 2. The van der Waals surface area contributed by atoms with Crippen molar-refractivity contribution in [3.63, 3.8) is 0 Å². The summed E-state index contributed by atoms with van der Waals surface area (Å²) in [5.41, 5.74) is 5.93. The van der Waals surface area contributed by atoms with Crippen molar-refractivity contribution in [2.75, 3.05) is 0 Å². The minimum absolute atomic E-state index is 0.435. The molecular weight excluding hydrogens is 286 g/mol. The molecule has 0 radical (unpaired) electrons. The van der Waals surface area contributed by atoms with Crippen molar-refractivity contribution in [1.29, 1.82) is 0 Å². The summed E-state index contributed by atoms with van der Waals surface area (Å²) in [6, 6.07) is 14.6. The van der Waals surface area contributed by atoms with E-state index < -0.39 is 0 Å². The molecule has 1 heterocycles. The lowest BCUT2D eigenvalue weighted by atomic mass is 10.1. The number of ether oxygens (including phenoxy) is 1. The van der Waals surface area contributed by atoms with E-state index >= 15 is 0 Å². The molecule has 0 amide bonds. The van der Waals surface area contributed by atoms with Crippen LogP contribution in [0.15, 0.2) is 48.7 Å². The van der Waals surface area contributed by atoms with E-state index in [-0.39, 0.29) is 0 Å². The van der Waals surface area contributed by atoms with Gasteiger partial charge in [0.25, 0.3) is 0 Å². The second-order valence-corrected chi connectivity index (χ2v) is 6.07. The van der Waals surface area contributed by atoms with E-state index in [2.05, 4.69) is 47.6 Å². The standard InChI is InChI=1S/C19H19N3O/c1-14-4-2-7-18(10-14)22-12-17(20-21-22)13-23-19-9-8-15-5-3-6-16(15)11-19/h2,4,7-12H,3,5-6,13H2,1H3. The Morgan fingerprint density at radius 3 is 2.91 bits per heavy atom. The zero-order valence-electron chi connectivity index (χ0n) is 13.2. The van der Waals surface area contributed by atoms with E-state index in [1.54, 1.807) is 4.68 Å². The molecule has 0 saturated heterocycles. The molecule has 0 bridgehead atoms. The average Bonchev–Trinajstić information content (AvgIpc) is 3.21. The Balaban J connectivity index is 1.46. The summed E-state index contributed by atoms with van der Waals surface area (Å²) < 4.78 is 7.66. The molecule has 1 aromatic heterocycles. The lowest BCUT2D eigenvalue weighted by Crippen LogP contribution is -1.97. The van der Waals surface area contributed by atoms with Gasteiger partial charge in [-0.25, -0.2) is 4.68 Å². The molecule has 2 aromatic carbocycles. The van der Waals surface area contributed by atoms with Crippen molar-refractivity contribution in [1.82, 2.24) is 15.0 Å². The minimum atomic E-state index is 0.435. The summed E-state index contributed by atoms with van der Waals surface area (Å²) in [6.45, 7) is 2.50. The highest BCUT2D eigenvalue weighted by atomic mass is 16.5. The Labute approximate surface area is 135 Å². The number of nitrogens with zero attached hydrogens (tertiary/aromatic N) is 3. The molecule has 3 aromatic rings. The van der Waals surface area contributed by atoms with Crippen molar-refractivity contribution in [3.05, 3.63) is 71.0 Å². The Kier molecular flexibility index (Phi) is 3.58. The van der Waals surface area contributed by atoms with Crippen LogP contribution in [0.2, 0.25) is 0 Å². The van der Waals surface area contributed by atoms with Gasteiger partial charge in [-0.1, -0.05) is 23.4 Å². The highest BCUT2D eigenvalue weighted by Gasteiger charge is 2.11. The summed E-state index contributed by atoms with van der Waals surface area (Å²) in [5, 5.41) is 8.38. The van der Waals surface area contributed by atoms with Crippen molar-refractivity contribution < 1.29 is 4.74 Å². The molecule has 0 fully saturated rings. The van der Waals surface area contributed by atoms with E-state index in [0.717, 1.165) is 23.6 Å². The number of fused-ring (bicyclic) bond motifs is 1. The van der Waals surface area contributed by atoms with E-state index in [9.17, 15) is 0 Å². The van der Waals surface area contributed by atoms with Crippen LogP contribution < -0.4 is 4.74 Å². The van der Waals surface area contributed by atoms with E-state index in [1.807, 2.05) is 18.3 Å². The summed E-state index contributed by atoms with van der Waals surface area (Å²) >= 11 is 0. The van der Waals surface area contributed by atoms with Gasteiger partial charge in [-0.05, 0) is 67.1 Å². The first-order valence-electron chi connectivity index (χ1n) is 8.01.